The molecular formula is C18H16N2O. The molecule has 0 bridgehead atoms. The SMILES string of the molecule is Cc1ccc(C=C(C#N)C(=O)Nc2cccc(C)c2)cc1. The Kier molecular flexibility index (Phi) is 4.53. The van der Waals surface area contributed by atoms with E-state index in [1.165, 1.54) is 0 Å². The van der Waals surface area contributed by atoms with E-state index < -0.39 is 5.91 Å². The maximum atomic E-state index is 12.1. The molecule has 104 valence electrons. The van der Waals surface area contributed by atoms with Crippen LogP contribution in [0.25, 0.3) is 6.08 Å². The molecule has 21 heavy (non-hydrogen) atoms. The Labute approximate surface area is 124 Å². The molecular weight excluding hydrogens is 260 g/mol. The minimum Gasteiger partial charge on any atom is -0.321 e. The highest BCUT2D eigenvalue weighted by Crippen LogP contribution is 2.13. The van der Waals surface area contributed by atoms with Gasteiger partial charge >= 0.3 is 0 Å². The summed E-state index contributed by atoms with van der Waals surface area (Å²) in [6.45, 7) is 3.94. The molecule has 3 heteroatoms. The van der Waals surface area contributed by atoms with Gasteiger partial charge in [-0.25, -0.2) is 0 Å². The molecule has 0 saturated carbocycles. The van der Waals surface area contributed by atoms with Gasteiger partial charge in [0.25, 0.3) is 5.91 Å². The van der Waals surface area contributed by atoms with Crippen molar-refractivity contribution in [3.8, 4) is 6.07 Å². The number of anilines is 1. The molecule has 0 aromatic heterocycles. The first-order valence-electron chi connectivity index (χ1n) is 6.65. The van der Waals surface area contributed by atoms with Crippen molar-refractivity contribution in [3.05, 3.63) is 70.8 Å². The molecule has 0 unspecified atom stereocenters. The molecule has 0 aliphatic heterocycles. The van der Waals surface area contributed by atoms with E-state index in [4.69, 9.17) is 5.26 Å². The molecule has 2 aromatic rings. The van der Waals surface area contributed by atoms with E-state index in [9.17, 15) is 4.79 Å². The largest absolute Gasteiger partial charge is 0.321 e. The van der Waals surface area contributed by atoms with Gasteiger partial charge in [-0.15, -0.1) is 0 Å². The summed E-state index contributed by atoms with van der Waals surface area (Å²) in [7, 11) is 0. The molecule has 0 heterocycles. The molecule has 0 radical (unpaired) electrons. The molecule has 2 aromatic carbocycles. The fourth-order valence-electron chi connectivity index (χ4n) is 1.90. The topological polar surface area (TPSA) is 52.9 Å². The lowest BCUT2D eigenvalue weighted by Crippen LogP contribution is -2.13. The van der Waals surface area contributed by atoms with Gasteiger partial charge in [0.2, 0.25) is 0 Å². The van der Waals surface area contributed by atoms with Gasteiger partial charge < -0.3 is 5.32 Å². The first kappa shape index (κ1) is 14.5. The number of rotatable bonds is 3. The van der Waals surface area contributed by atoms with Crippen molar-refractivity contribution < 1.29 is 4.79 Å². The highest BCUT2D eigenvalue weighted by atomic mass is 16.1. The molecule has 2 rings (SSSR count). The summed E-state index contributed by atoms with van der Waals surface area (Å²) in [5, 5.41) is 11.9. The lowest BCUT2D eigenvalue weighted by atomic mass is 10.1. The summed E-state index contributed by atoms with van der Waals surface area (Å²) >= 11 is 0. The minimum absolute atomic E-state index is 0.0837. The highest BCUT2D eigenvalue weighted by molar-refractivity contribution is 6.09. The van der Waals surface area contributed by atoms with Crippen molar-refractivity contribution in [1.29, 1.82) is 5.26 Å². The van der Waals surface area contributed by atoms with Crippen LogP contribution in [0.5, 0.6) is 0 Å². The molecule has 1 N–H and O–H groups in total. The third-order valence-corrected chi connectivity index (χ3v) is 3.03. The monoisotopic (exact) mass is 276 g/mol. The number of aryl methyl sites for hydroxylation is 2. The van der Waals surface area contributed by atoms with Crippen LogP contribution in [0.4, 0.5) is 5.69 Å². The first-order chi connectivity index (χ1) is 10.1. The van der Waals surface area contributed by atoms with Crippen LogP contribution in [0.1, 0.15) is 16.7 Å². The zero-order valence-corrected chi connectivity index (χ0v) is 12.1. The van der Waals surface area contributed by atoms with Crippen LogP contribution in [0.15, 0.2) is 54.1 Å². The van der Waals surface area contributed by atoms with Crippen LogP contribution in [0.2, 0.25) is 0 Å². The van der Waals surface area contributed by atoms with Gasteiger partial charge in [0.05, 0.1) is 0 Å². The zero-order chi connectivity index (χ0) is 15.2. The molecule has 0 fully saturated rings. The number of carbonyl (C=O) groups is 1. The quantitative estimate of drug-likeness (QED) is 0.684. The molecule has 3 nitrogen and oxygen atoms in total. The van der Waals surface area contributed by atoms with Crippen LogP contribution in [0, 0.1) is 25.2 Å². The van der Waals surface area contributed by atoms with Crippen molar-refractivity contribution in [2.24, 2.45) is 0 Å². The van der Waals surface area contributed by atoms with Crippen molar-refractivity contribution in [1.82, 2.24) is 0 Å². The van der Waals surface area contributed by atoms with E-state index in [0.717, 1.165) is 16.7 Å². The molecule has 1 amide bonds. The van der Waals surface area contributed by atoms with Crippen LogP contribution in [-0.2, 0) is 4.79 Å². The van der Waals surface area contributed by atoms with Crippen molar-refractivity contribution in [2.75, 3.05) is 5.32 Å². The highest BCUT2D eigenvalue weighted by Gasteiger charge is 2.09. The number of nitrogens with one attached hydrogen (secondary N) is 1. The normalized spacial score (nSPS) is 10.8. The van der Waals surface area contributed by atoms with E-state index in [0.29, 0.717) is 5.69 Å². The van der Waals surface area contributed by atoms with Gasteiger partial charge in [-0.3, -0.25) is 4.79 Å². The van der Waals surface area contributed by atoms with E-state index in [1.54, 1.807) is 12.1 Å². The fraction of sp³-hybridized carbons (Fsp3) is 0.111. The maximum Gasteiger partial charge on any atom is 0.266 e. The maximum absolute atomic E-state index is 12.1. The number of hydrogen-bond acceptors (Lipinski definition) is 2. The third kappa shape index (κ3) is 4.05. The number of nitrogens with zero attached hydrogens (tertiary/aromatic N) is 1. The smallest absolute Gasteiger partial charge is 0.266 e. The summed E-state index contributed by atoms with van der Waals surface area (Å²) in [5.74, 6) is -0.399. The van der Waals surface area contributed by atoms with E-state index in [2.05, 4.69) is 5.32 Å². The van der Waals surface area contributed by atoms with Crippen molar-refractivity contribution in [3.63, 3.8) is 0 Å². The second-order valence-electron chi connectivity index (χ2n) is 4.90. The summed E-state index contributed by atoms with van der Waals surface area (Å²) in [5.41, 5.74) is 3.78. The second-order valence-corrected chi connectivity index (χ2v) is 4.90. The van der Waals surface area contributed by atoms with Crippen molar-refractivity contribution in [2.45, 2.75) is 13.8 Å². The summed E-state index contributed by atoms with van der Waals surface area (Å²) in [6.07, 6.45) is 1.59. The van der Waals surface area contributed by atoms with E-state index in [1.807, 2.05) is 62.4 Å². The molecule has 0 aliphatic carbocycles. The standard InChI is InChI=1S/C18H16N2O/c1-13-6-8-15(9-7-13)11-16(12-19)18(21)20-17-5-3-4-14(2)10-17/h3-11H,1-2H3,(H,20,21). The minimum atomic E-state index is -0.399. The second kappa shape index (κ2) is 6.53. The van der Waals surface area contributed by atoms with Crippen LogP contribution >= 0.6 is 0 Å². The zero-order valence-electron chi connectivity index (χ0n) is 12.1. The number of nitriles is 1. The predicted octanol–water partition coefficient (Wildman–Crippen LogP) is 3.85. The first-order valence-corrected chi connectivity index (χ1v) is 6.65. The Bertz CT molecular complexity index is 722. The van der Waals surface area contributed by atoms with E-state index in [-0.39, 0.29) is 5.57 Å². The Morgan fingerprint density at radius 2 is 1.81 bits per heavy atom. The van der Waals surface area contributed by atoms with Gasteiger partial charge in [0.1, 0.15) is 11.6 Å². The van der Waals surface area contributed by atoms with Gasteiger partial charge in [0, 0.05) is 5.69 Å². The molecule has 0 saturated heterocycles. The third-order valence-electron chi connectivity index (χ3n) is 3.03. The number of amides is 1. The van der Waals surface area contributed by atoms with Gasteiger partial charge in [-0.05, 0) is 43.2 Å². The summed E-state index contributed by atoms with van der Waals surface area (Å²) in [6, 6.07) is 17.1. The Balaban J connectivity index is 2.19. The molecule has 0 spiro atoms. The van der Waals surface area contributed by atoms with Gasteiger partial charge in [0.15, 0.2) is 0 Å². The average molecular weight is 276 g/mol. The number of hydrogen-bond donors (Lipinski definition) is 1. The summed E-state index contributed by atoms with van der Waals surface area (Å²) in [4.78, 5) is 12.1. The Morgan fingerprint density at radius 3 is 2.43 bits per heavy atom. The predicted molar refractivity (Wildman–Crippen MR) is 84.6 cm³/mol. The lowest BCUT2D eigenvalue weighted by Gasteiger charge is -2.05. The van der Waals surface area contributed by atoms with Gasteiger partial charge in [-0.1, -0.05) is 42.0 Å². The fourth-order valence-corrected chi connectivity index (χ4v) is 1.90. The lowest BCUT2D eigenvalue weighted by molar-refractivity contribution is -0.112. The Morgan fingerprint density at radius 1 is 1.10 bits per heavy atom. The van der Waals surface area contributed by atoms with E-state index >= 15 is 0 Å². The summed E-state index contributed by atoms with van der Waals surface area (Å²) < 4.78 is 0. The van der Waals surface area contributed by atoms with Crippen molar-refractivity contribution >= 4 is 17.7 Å². The van der Waals surface area contributed by atoms with Crippen LogP contribution < -0.4 is 5.32 Å². The van der Waals surface area contributed by atoms with Crippen LogP contribution in [0.3, 0.4) is 0 Å². The molecule has 0 atom stereocenters. The molecule has 0 aliphatic rings. The van der Waals surface area contributed by atoms with Crippen LogP contribution in [-0.4, -0.2) is 5.91 Å². The number of carbonyl (C=O) groups excluding carboxylic acids is 1. The Hall–Kier alpha value is -2.86. The average Bonchev–Trinajstić information content (AvgIpc) is 2.46. The number of benzene rings is 2. The van der Waals surface area contributed by atoms with Gasteiger partial charge in [-0.2, -0.15) is 5.26 Å².